The Kier molecular flexibility index (Phi) is 5.35. The number of ether oxygens (including phenoxy) is 2. The maximum atomic E-state index is 12.2. The minimum atomic E-state index is -0.690. The highest BCUT2D eigenvalue weighted by Crippen LogP contribution is 2.16. The molecule has 7 heteroatoms. The lowest BCUT2D eigenvalue weighted by atomic mass is 10.2. The molecule has 0 bridgehead atoms. The number of aromatic amines is 1. The van der Waals surface area contributed by atoms with Gasteiger partial charge in [-0.1, -0.05) is 30.3 Å². The summed E-state index contributed by atoms with van der Waals surface area (Å²) in [6, 6.07) is 9.33. The van der Waals surface area contributed by atoms with E-state index < -0.39 is 11.5 Å². The maximum Gasteiger partial charge on any atom is 0.361 e. The Balaban J connectivity index is 2.36. The van der Waals surface area contributed by atoms with E-state index in [2.05, 4.69) is 9.97 Å². The minimum absolute atomic E-state index is 0.129. The van der Waals surface area contributed by atoms with E-state index in [9.17, 15) is 9.59 Å². The van der Waals surface area contributed by atoms with Crippen LogP contribution in [-0.2, 0) is 11.3 Å². The minimum Gasteiger partial charge on any atom is -0.481 e. The van der Waals surface area contributed by atoms with Gasteiger partial charge in [0.15, 0.2) is 5.69 Å². The number of anilines is 1. The van der Waals surface area contributed by atoms with Crippen LogP contribution in [0.2, 0.25) is 0 Å². The van der Waals surface area contributed by atoms with E-state index in [-0.39, 0.29) is 30.6 Å². The van der Waals surface area contributed by atoms with Gasteiger partial charge in [-0.2, -0.15) is 0 Å². The lowest BCUT2D eigenvalue weighted by molar-refractivity contribution is 0.0513. The van der Waals surface area contributed by atoms with Crippen molar-refractivity contribution in [3.05, 3.63) is 51.9 Å². The molecule has 2 aromatic rings. The second kappa shape index (κ2) is 7.44. The molecule has 23 heavy (non-hydrogen) atoms. The van der Waals surface area contributed by atoms with E-state index in [1.807, 2.05) is 30.3 Å². The van der Waals surface area contributed by atoms with Gasteiger partial charge in [0.25, 0.3) is 5.56 Å². The van der Waals surface area contributed by atoms with E-state index in [0.717, 1.165) is 5.56 Å². The molecule has 0 amide bonds. The molecule has 7 nitrogen and oxygen atoms in total. The SMILES string of the molecule is CCOC(=O)c1nc(N(C)C)[nH]c(=O)c1OCc1ccccc1. The number of H-pyrrole nitrogens is 1. The third-order valence-corrected chi connectivity index (χ3v) is 2.98. The van der Waals surface area contributed by atoms with Crippen LogP contribution in [0.25, 0.3) is 0 Å². The van der Waals surface area contributed by atoms with Crippen molar-refractivity contribution in [2.24, 2.45) is 0 Å². The molecule has 1 aromatic carbocycles. The van der Waals surface area contributed by atoms with Crippen LogP contribution in [0.1, 0.15) is 23.0 Å². The number of nitrogens with zero attached hydrogens (tertiary/aromatic N) is 2. The van der Waals surface area contributed by atoms with Crippen molar-refractivity contribution < 1.29 is 14.3 Å². The molecule has 0 aliphatic heterocycles. The van der Waals surface area contributed by atoms with E-state index >= 15 is 0 Å². The predicted octanol–water partition coefficient (Wildman–Crippen LogP) is 1.59. The third-order valence-electron chi connectivity index (χ3n) is 2.98. The first kappa shape index (κ1) is 16.5. The fourth-order valence-electron chi connectivity index (χ4n) is 1.86. The molecule has 0 aliphatic carbocycles. The normalized spacial score (nSPS) is 10.2. The van der Waals surface area contributed by atoms with Gasteiger partial charge in [0.1, 0.15) is 6.61 Å². The van der Waals surface area contributed by atoms with Crippen LogP contribution in [0.4, 0.5) is 5.95 Å². The molecular weight excluding hydrogens is 298 g/mol. The van der Waals surface area contributed by atoms with E-state index in [4.69, 9.17) is 9.47 Å². The molecule has 0 atom stereocenters. The lowest BCUT2D eigenvalue weighted by Crippen LogP contribution is -2.24. The topological polar surface area (TPSA) is 84.5 Å². The number of nitrogens with one attached hydrogen (secondary N) is 1. The van der Waals surface area contributed by atoms with Crippen LogP contribution in [-0.4, -0.2) is 36.6 Å². The smallest absolute Gasteiger partial charge is 0.361 e. The van der Waals surface area contributed by atoms with Crippen molar-refractivity contribution in [2.75, 3.05) is 25.6 Å². The summed E-state index contributed by atoms with van der Waals surface area (Å²) >= 11 is 0. The molecule has 0 fully saturated rings. The Labute approximate surface area is 133 Å². The first-order valence-corrected chi connectivity index (χ1v) is 7.18. The Morgan fingerprint density at radius 3 is 2.57 bits per heavy atom. The highest BCUT2D eigenvalue weighted by molar-refractivity contribution is 5.90. The first-order chi connectivity index (χ1) is 11.0. The average molecular weight is 317 g/mol. The van der Waals surface area contributed by atoms with Gasteiger partial charge < -0.3 is 14.4 Å². The highest BCUT2D eigenvalue weighted by atomic mass is 16.5. The number of benzene rings is 1. The zero-order valence-electron chi connectivity index (χ0n) is 13.3. The monoisotopic (exact) mass is 317 g/mol. The number of aromatic nitrogens is 2. The number of carbonyl (C=O) groups is 1. The molecule has 0 radical (unpaired) electrons. The van der Waals surface area contributed by atoms with E-state index in [1.165, 1.54) is 0 Å². The van der Waals surface area contributed by atoms with Crippen LogP contribution in [0.5, 0.6) is 5.75 Å². The summed E-state index contributed by atoms with van der Waals surface area (Å²) in [4.78, 5) is 32.6. The van der Waals surface area contributed by atoms with Crippen molar-refractivity contribution in [3.8, 4) is 5.75 Å². The van der Waals surface area contributed by atoms with Gasteiger partial charge in [0.2, 0.25) is 11.7 Å². The largest absolute Gasteiger partial charge is 0.481 e. The summed E-state index contributed by atoms with van der Waals surface area (Å²) in [5.74, 6) is -0.576. The highest BCUT2D eigenvalue weighted by Gasteiger charge is 2.21. The molecule has 1 aromatic heterocycles. The second-order valence-corrected chi connectivity index (χ2v) is 4.96. The zero-order valence-corrected chi connectivity index (χ0v) is 13.3. The second-order valence-electron chi connectivity index (χ2n) is 4.96. The Hall–Kier alpha value is -2.83. The molecule has 0 unspecified atom stereocenters. The molecule has 0 saturated heterocycles. The predicted molar refractivity (Wildman–Crippen MR) is 85.9 cm³/mol. The van der Waals surface area contributed by atoms with Gasteiger partial charge >= 0.3 is 5.97 Å². The molecule has 0 saturated carbocycles. The Bertz CT molecular complexity index is 726. The molecule has 2 rings (SSSR count). The fourth-order valence-corrected chi connectivity index (χ4v) is 1.86. The quantitative estimate of drug-likeness (QED) is 0.815. The molecular formula is C16H19N3O4. The summed E-state index contributed by atoms with van der Waals surface area (Å²) in [5.41, 5.74) is 0.219. The molecule has 1 heterocycles. The van der Waals surface area contributed by atoms with Gasteiger partial charge in [-0.3, -0.25) is 9.78 Å². The molecule has 1 N–H and O–H groups in total. The van der Waals surface area contributed by atoms with Crippen molar-refractivity contribution in [1.29, 1.82) is 0 Å². The number of hydrogen-bond donors (Lipinski definition) is 1. The number of rotatable bonds is 6. The van der Waals surface area contributed by atoms with Gasteiger partial charge in [-0.25, -0.2) is 9.78 Å². The Morgan fingerprint density at radius 1 is 1.26 bits per heavy atom. The summed E-state index contributed by atoms with van der Waals surface area (Å²) < 4.78 is 10.5. The van der Waals surface area contributed by atoms with Gasteiger partial charge in [-0.05, 0) is 12.5 Å². The zero-order chi connectivity index (χ0) is 16.8. The standard InChI is InChI=1S/C16H19N3O4/c1-4-22-15(21)12-13(14(20)18-16(17-12)19(2)3)23-10-11-8-6-5-7-9-11/h5-9H,4,10H2,1-3H3,(H,17,18,20). The van der Waals surface area contributed by atoms with Crippen molar-refractivity contribution >= 4 is 11.9 Å². The van der Waals surface area contributed by atoms with E-state index in [1.54, 1.807) is 25.9 Å². The van der Waals surface area contributed by atoms with Crippen LogP contribution < -0.4 is 15.2 Å². The molecule has 0 spiro atoms. The van der Waals surface area contributed by atoms with Crippen molar-refractivity contribution in [3.63, 3.8) is 0 Å². The summed E-state index contributed by atoms with van der Waals surface area (Å²) in [5, 5.41) is 0. The third kappa shape index (κ3) is 4.09. The van der Waals surface area contributed by atoms with Crippen molar-refractivity contribution in [1.82, 2.24) is 9.97 Å². The van der Waals surface area contributed by atoms with Gasteiger partial charge in [-0.15, -0.1) is 0 Å². The van der Waals surface area contributed by atoms with Crippen LogP contribution in [0.15, 0.2) is 35.1 Å². The average Bonchev–Trinajstić information content (AvgIpc) is 2.54. The Morgan fingerprint density at radius 2 is 1.96 bits per heavy atom. The summed E-state index contributed by atoms with van der Waals surface area (Å²) in [6.45, 7) is 2.02. The van der Waals surface area contributed by atoms with E-state index in [0.29, 0.717) is 0 Å². The molecule has 122 valence electrons. The van der Waals surface area contributed by atoms with Crippen LogP contribution in [0, 0.1) is 0 Å². The molecule has 0 aliphatic rings. The maximum absolute atomic E-state index is 12.2. The number of hydrogen-bond acceptors (Lipinski definition) is 6. The summed E-state index contributed by atoms with van der Waals surface area (Å²) in [7, 11) is 3.41. The number of carbonyl (C=O) groups excluding carboxylic acids is 1. The lowest BCUT2D eigenvalue weighted by Gasteiger charge is -2.14. The van der Waals surface area contributed by atoms with Crippen molar-refractivity contribution in [2.45, 2.75) is 13.5 Å². The fraction of sp³-hybridized carbons (Fsp3) is 0.312. The van der Waals surface area contributed by atoms with Crippen LogP contribution >= 0.6 is 0 Å². The number of esters is 1. The van der Waals surface area contributed by atoms with Crippen LogP contribution in [0.3, 0.4) is 0 Å². The summed E-state index contributed by atoms with van der Waals surface area (Å²) in [6.07, 6.45) is 0. The van der Waals surface area contributed by atoms with Gasteiger partial charge in [0.05, 0.1) is 6.61 Å². The first-order valence-electron chi connectivity index (χ1n) is 7.18. The van der Waals surface area contributed by atoms with Gasteiger partial charge in [0, 0.05) is 14.1 Å².